The van der Waals surface area contributed by atoms with E-state index in [4.69, 9.17) is 25.3 Å². The molecule has 3 aromatic heterocycles. The minimum Gasteiger partial charge on any atom is -0.481 e. The summed E-state index contributed by atoms with van der Waals surface area (Å²) in [5.41, 5.74) is 5.33. The molecule has 0 saturated carbocycles. The molecular formula is C76H84BrF12N6NaO15S6. The first kappa shape index (κ1) is 102. The van der Waals surface area contributed by atoms with Crippen molar-refractivity contribution in [2.24, 2.45) is 5.22 Å². The van der Waals surface area contributed by atoms with Crippen molar-refractivity contribution in [3.63, 3.8) is 0 Å². The molecule has 0 aliphatic rings. The van der Waals surface area contributed by atoms with Crippen molar-refractivity contribution in [2.75, 3.05) is 55.3 Å². The van der Waals surface area contributed by atoms with E-state index in [1.165, 1.54) is 34.0 Å². The molecular weight excluding hydrogens is 1760 g/mol. The van der Waals surface area contributed by atoms with Crippen LogP contribution in [0.1, 0.15) is 141 Å². The number of hydrogen-bond acceptors (Lipinski definition) is 19. The second-order valence-electron chi connectivity index (χ2n) is 25.2. The Labute approximate surface area is 711 Å². The van der Waals surface area contributed by atoms with Crippen LogP contribution in [-0.4, -0.2) is 102 Å². The molecule has 9 rings (SSSR count). The summed E-state index contributed by atoms with van der Waals surface area (Å²) in [6.07, 6.45) is -12.3. The van der Waals surface area contributed by atoms with Gasteiger partial charge in [0, 0.05) is 45.1 Å². The van der Waals surface area contributed by atoms with Crippen molar-refractivity contribution in [1.29, 1.82) is 5.53 Å². The summed E-state index contributed by atoms with van der Waals surface area (Å²) in [5, 5.41) is 22.6. The maximum Gasteiger partial charge on any atom is 1.00 e. The van der Waals surface area contributed by atoms with Gasteiger partial charge < -0.3 is 30.1 Å². The van der Waals surface area contributed by atoms with Gasteiger partial charge in [0.05, 0.1) is 73.4 Å². The topological polar surface area (TPSA) is 299 Å². The van der Waals surface area contributed by atoms with E-state index < -0.39 is 120 Å². The van der Waals surface area contributed by atoms with Crippen LogP contribution in [0.2, 0.25) is 0 Å². The van der Waals surface area contributed by atoms with Gasteiger partial charge in [0.2, 0.25) is 30.1 Å². The van der Waals surface area contributed by atoms with E-state index in [9.17, 15) is 97.1 Å². The molecule has 117 heavy (non-hydrogen) atoms. The summed E-state index contributed by atoms with van der Waals surface area (Å²) in [7, 11) is -12.0. The average Bonchev–Trinajstić information content (AvgIpc) is 1.66. The Morgan fingerprint density at radius 1 is 0.453 bits per heavy atom. The third-order valence-corrected chi connectivity index (χ3v) is 26.9. The number of fused-ring (bicyclic) bond motifs is 3. The monoisotopic (exact) mass is 1840 g/mol. The van der Waals surface area contributed by atoms with E-state index in [0.29, 0.717) is 81.1 Å². The summed E-state index contributed by atoms with van der Waals surface area (Å²) >= 11 is 6.85. The van der Waals surface area contributed by atoms with Crippen LogP contribution < -0.4 is 42.5 Å². The fourth-order valence-corrected chi connectivity index (χ4v) is 20.7. The van der Waals surface area contributed by atoms with Gasteiger partial charge in [-0.2, -0.15) is 39.5 Å². The molecule has 0 saturated heterocycles. The van der Waals surface area contributed by atoms with Gasteiger partial charge in [-0.05, 0) is 191 Å². The Morgan fingerprint density at radius 2 is 0.709 bits per heavy atom. The standard InChI is InChI=1S/2C24H25F4NO4S2.C22H21F4NO4S2.C6H11BrO2.H2N3O.Na/c2*1-3-33-22(30)10-6-7-13-35(31,32)29(23-16(2)18-8-4-5-9-21(18)34-23)15-17-11-12-20(25)19(14-17)24(26,27)28;1-14-16-6-2-3-7-19(16)32-21(14)27(33(30,31)11-5-4-8-20(28)29)13-15-9-10-18(23)17(12-15)22(24,25)26;1-2-9-6(8)4-3-5-7;1-2-3-4;/h2*4-5,8-9,11-12,14H,3,6-7,10,13,15H2,1-2H3;2-3,6-7,9-10,12H,4-5,8,11,13H2,1H3,(H,28,29);2-5H2,1H3;(H2-,1,2,3,4);/q;;;;-1;+1. The van der Waals surface area contributed by atoms with Crippen molar-refractivity contribution in [3.8, 4) is 0 Å². The van der Waals surface area contributed by atoms with Gasteiger partial charge in [0.25, 0.3) is 0 Å². The number of thiophene rings is 3. The van der Waals surface area contributed by atoms with E-state index in [0.717, 1.165) is 73.1 Å². The number of ether oxygens (including phenoxy) is 3. The third-order valence-electron chi connectivity index (χ3n) is 16.7. The Morgan fingerprint density at radius 3 is 0.940 bits per heavy atom. The number of sulfonamides is 3. The van der Waals surface area contributed by atoms with Crippen molar-refractivity contribution < 1.29 is 151 Å². The number of aliphatic carboxylic acids is 1. The molecule has 3 heterocycles. The van der Waals surface area contributed by atoms with Gasteiger partial charge in [0.1, 0.15) is 32.5 Å². The van der Waals surface area contributed by atoms with Crippen LogP contribution in [-0.2, 0) is 102 Å². The van der Waals surface area contributed by atoms with Gasteiger partial charge in [-0.15, -0.1) is 34.0 Å². The van der Waals surface area contributed by atoms with Crippen molar-refractivity contribution in [3.05, 3.63) is 201 Å². The largest absolute Gasteiger partial charge is 1.00 e. The van der Waals surface area contributed by atoms with Gasteiger partial charge in [-0.25, -0.2) is 38.4 Å². The molecule has 0 radical (unpaired) electrons. The summed E-state index contributed by atoms with van der Waals surface area (Å²) in [4.78, 5) is 44.4. The molecule has 0 unspecified atom stereocenters. The zero-order valence-corrected chi connectivity index (χ0v) is 72.8. The van der Waals surface area contributed by atoms with Crippen LogP contribution in [0.4, 0.5) is 67.7 Å². The number of nitrogens with zero attached hydrogens (tertiary/aromatic N) is 5. The maximum atomic E-state index is 13.8. The number of carbonyl (C=O) groups is 4. The number of rotatable bonds is 34. The first-order valence-electron chi connectivity index (χ1n) is 35.5. The number of aryl methyl sites for hydroxylation is 3. The van der Waals surface area contributed by atoms with Crippen LogP contribution in [0.3, 0.4) is 0 Å². The van der Waals surface area contributed by atoms with Crippen LogP contribution in [0, 0.1) is 43.8 Å². The fourth-order valence-electron chi connectivity index (χ4n) is 11.2. The molecule has 0 fully saturated rings. The van der Waals surface area contributed by atoms with Crippen LogP contribution in [0.5, 0.6) is 0 Å². The number of carboxylic acid groups (broad SMARTS) is 1. The number of alkyl halides is 10. The third kappa shape index (κ3) is 31.1. The average molecular weight is 1840 g/mol. The first-order valence-corrected chi connectivity index (χ1v) is 43.9. The predicted molar refractivity (Wildman–Crippen MR) is 426 cm³/mol. The smallest absolute Gasteiger partial charge is 0.481 e. The fraction of sp³-hybridized carbons (Fsp3) is 0.395. The Balaban J connectivity index is 0.000000341. The number of carboxylic acids is 1. The quantitative estimate of drug-likeness (QED) is 0.00493. The van der Waals surface area contributed by atoms with E-state index in [-0.39, 0.29) is 140 Å². The molecule has 41 heteroatoms. The van der Waals surface area contributed by atoms with Crippen LogP contribution >= 0.6 is 49.9 Å². The number of unbranched alkanes of at least 4 members (excludes halogenated alkanes) is 3. The normalized spacial score (nSPS) is 11.6. The van der Waals surface area contributed by atoms with Crippen molar-refractivity contribution in [1.82, 2.24) is 0 Å². The molecule has 0 aliphatic carbocycles. The van der Waals surface area contributed by atoms with E-state index >= 15 is 0 Å². The minimum atomic E-state index is -4.92. The first-order chi connectivity index (χ1) is 54.5. The number of esters is 3. The molecule has 0 spiro atoms. The van der Waals surface area contributed by atoms with E-state index in [1.807, 2.05) is 73.2 Å². The predicted octanol–water partition coefficient (Wildman–Crippen LogP) is 18.3. The summed E-state index contributed by atoms with van der Waals surface area (Å²) in [6.45, 7) is 10.1. The Bertz CT molecular complexity index is 4950. The molecule has 0 bridgehead atoms. The van der Waals surface area contributed by atoms with Gasteiger partial charge in [0.15, 0.2) is 0 Å². The number of nitrogens with one attached hydrogen (secondary N) is 1. The summed E-state index contributed by atoms with van der Waals surface area (Å²) < 4.78 is 261. The van der Waals surface area contributed by atoms with Crippen molar-refractivity contribution in [2.45, 2.75) is 150 Å². The molecule has 636 valence electrons. The number of anilines is 3. The van der Waals surface area contributed by atoms with Gasteiger partial charge in [-0.3, -0.25) is 42.9 Å². The number of halogens is 13. The summed E-state index contributed by atoms with van der Waals surface area (Å²) in [6, 6.07) is 29.2. The SMILES string of the molecule is CCOC(=O)CCCBr.CCOC(=O)CCCCS(=O)(=O)N(Cc1ccc(F)c(C(F)(F)F)c1)c1sc2ccccc2c1C.CCOC(=O)CCCCS(=O)(=O)N(Cc1ccc(F)c(C(F)(F)F)c1)c1sc2ccccc2c1C.Cc1c(N(Cc2ccc(F)c(C(F)(F)F)c2)S(=O)(=O)CCCCC(=O)O)sc2ccccc12.N=N[N-]O.[Na+]. The van der Waals surface area contributed by atoms with Gasteiger partial charge in [-0.1, -0.05) is 88.7 Å². The van der Waals surface area contributed by atoms with E-state index in [2.05, 4.69) is 25.9 Å². The molecule has 3 N–H and O–H groups in total. The number of hydrogen-bond donors (Lipinski definition) is 3. The van der Waals surface area contributed by atoms with Gasteiger partial charge >= 0.3 is 72.0 Å². The molecule has 9 aromatic rings. The molecule has 21 nitrogen and oxygen atoms in total. The molecule has 0 aliphatic heterocycles. The van der Waals surface area contributed by atoms with Crippen LogP contribution in [0.15, 0.2) is 133 Å². The zero-order valence-electron chi connectivity index (χ0n) is 64.3. The number of carbonyl (C=O) groups excluding carboxylic acids is 3. The second-order valence-corrected chi connectivity index (χ2v) is 35.1. The van der Waals surface area contributed by atoms with Crippen molar-refractivity contribution >= 4 is 149 Å². The van der Waals surface area contributed by atoms with Crippen LogP contribution in [0.25, 0.3) is 35.8 Å². The molecule has 0 atom stereocenters. The molecule has 6 aromatic carbocycles. The maximum absolute atomic E-state index is 13.8. The Kier molecular flexibility index (Phi) is 41.2. The second kappa shape index (κ2) is 47.4. The number of benzene rings is 6. The summed E-state index contributed by atoms with van der Waals surface area (Å²) in [5.74, 6) is -7.27. The minimum absolute atomic E-state index is 0. The van der Waals surface area contributed by atoms with E-state index in [1.54, 1.807) is 46.8 Å². The zero-order chi connectivity index (χ0) is 86.5. The Hall–Kier alpha value is -7.67. The molecule has 0 amide bonds.